The van der Waals surface area contributed by atoms with Gasteiger partial charge >= 0.3 is 0 Å². The minimum absolute atomic E-state index is 0.0728. The number of benzene rings is 1. The number of hydrogen-bond acceptors (Lipinski definition) is 8. The third-order valence-corrected chi connectivity index (χ3v) is 7.45. The van der Waals surface area contributed by atoms with E-state index in [2.05, 4.69) is 5.32 Å². The molecule has 3 rings (SSSR count). The first kappa shape index (κ1) is 29.3. The minimum Gasteiger partial charge on any atom is -0.493 e. The number of aldehydes is 1. The average molecular weight is 630 g/mol. The molecule has 0 heterocycles. The molecule has 11 heteroatoms. The van der Waals surface area contributed by atoms with E-state index < -0.39 is 24.2 Å². The van der Waals surface area contributed by atoms with Gasteiger partial charge in [-0.05, 0) is 60.6 Å². The number of hydrogen-bond donors (Lipinski definition) is 3. The Morgan fingerprint density at radius 1 is 1.27 bits per heavy atom. The highest BCUT2D eigenvalue weighted by atomic mass is 127. The molecule has 1 aromatic carbocycles. The van der Waals surface area contributed by atoms with Crippen molar-refractivity contribution in [3.8, 4) is 11.5 Å². The van der Waals surface area contributed by atoms with Crippen molar-refractivity contribution in [2.75, 3.05) is 33.5 Å². The number of methoxy groups -OCH3 is 1. The van der Waals surface area contributed by atoms with E-state index >= 15 is 0 Å². The third kappa shape index (κ3) is 7.21. The first-order chi connectivity index (χ1) is 17.8. The Morgan fingerprint density at radius 3 is 2.62 bits per heavy atom. The summed E-state index contributed by atoms with van der Waals surface area (Å²) in [6.07, 6.45) is 3.82. The molecular weight excluding hydrogens is 595 g/mol. The predicted octanol–water partition coefficient (Wildman–Crippen LogP) is 1.84. The number of halogens is 1. The Balaban J connectivity index is 2.00. The molecule has 10 nitrogen and oxygen atoms in total. The number of carbonyl (C=O) groups is 3. The quantitative estimate of drug-likeness (QED) is 0.236. The number of aliphatic hydroxyl groups excluding tert-OH is 2. The normalized spacial score (nSPS) is 21.8. The number of amides is 2. The molecule has 3 unspecified atom stereocenters. The Labute approximate surface area is 230 Å². The first-order valence-corrected chi connectivity index (χ1v) is 13.6. The van der Waals surface area contributed by atoms with Gasteiger partial charge in [0.25, 0.3) is 0 Å². The van der Waals surface area contributed by atoms with Gasteiger partial charge in [-0.3, -0.25) is 14.4 Å². The fourth-order valence-corrected chi connectivity index (χ4v) is 5.66. The summed E-state index contributed by atoms with van der Waals surface area (Å²) in [5.74, 6) is -0.0156. The van der Waals surface area contributed by atoms with Gasteiger partial charge in [0.1, 0.15) is 25.1 Å². The molecule has 0 radical (unpaired) electrons. The second-order valence-corrected chi connectivity index (χ2v) is 10.2. The Hall–Kier alpha value is -2.22. The van der Waals surface area contributed by atoms with E-state index in [4.69, 9.17) is 19.3 Å². The van der Waals surface area contributed by atoms with Gasteiger partial charge in [0.2, 0.25) is 11.8 Å². The summed E-state index contributed by atoms with van der Waals surface area (Å²) in [6, 6.07) is 2.37. The van der Waals surface area contributed by atoms with Crippen LogP contribution in [0.5, 0.6) is 11.5 Å². The van der Waals surface area contributed by atoms with Crippen molar-refractivity contribution in [3.05, 3.63) is 32.9 Å². The summed E-state index contributed by atoms with van der Waals surface area (Å²) in [6.45, 7) is 1.93. The lowest BCUT2D eigenvalue weighted by molar-refractivity contribution is -0.146. The monoisotopic (exact) mass is 630 g/mol. The van der Waals surface area contributed by atoms with Crippen LogP contribution in [-0.4, -0.2) is 91.0 Å². The van der Waals surface area contributed by atoms with Gasteiger partial charge in [-0.1, -0.05) is 12.8 Å². The topological polar surface area (TPSA) is 135 Å². The van der Waals surface area contributed by atoms with Crippen LogP contribution in [0.25, 0.3) is 0 Å². The highest BCUT2D eigenvalue weighted by molar-refractivity contribution is 14.1. The molecule has 0 aliphatic heterocycles. The number of aliphatic hydroxyl groups is 2. The van der Waals surface area contributed by atoms with Gasteiger partial charge in [-0.25, -0.2) is 0 Å². The fourth-order valence-electron chi connectivity index (χ4n) is 4.91. The molecule has 2 amide bonds. The van der Waals surface area contributed by atoms with Crippen LogP contribution in [0.1, 0.15) is 49.4 Å². The molecule has 1 fully saturated rings. The number of rotatable bonds is 12. The summed E-state index contributed by atoms with van der Waals surface area (Å²) >= 11 is 2.02. The maximum absolute atomic E-state index is 13.3. The van der Waals surface area contributed by atoms with Crippen molar-refractivity contribution in [2.45, 2.75) is 63.3 Å². The maximum Gasteiger partial charge on any atom is 0.249 e. The van der Waals surface area contributed by atoms with Gasteiger partial charge in [0.05, 0.1) is 23.3 Å². The second kappa shape index (κ2) is 14.1. The van der Waals surface area contributed by atoms with Gasteiger partial charge in [0.15, 0.2) is 11.5 Å². The maximum atomic E-state index is 13.3. The number of carbonyl (C=O) groups excluding carboxylic acids is 3. The number of nitrogens with one attached hydrogen (secondary N) is 1. The van der Waals surface area contributed by atoms with Crippen molar-refractivity contribution in [2.24, 2.45) is 0 Å². The Kier molecular flexibility index (Phi) is 11.2. The van der Waals surface area contributed by atoms with E-state index in [9.17, 15) is 19.5 Å². The van der Waals surface area contributed by atoms with Crippen LogP contribution in [0.3, 0.4) is 0 Å². The molecule has 0 aromatic heterocycles. The summed E-state index contributed by atoms with van der Waals surface area (Å²) < 4.78 is 17.7. The van der Waals surface area contributed by atoms with Gasteiger partial charge in [0, 0.05) is 36.8 Å². The predicted molar refractivity (Wildman–Crippen MR) is 144 cm³/mol. The molecule has 1 aromatic rings. The molecule has 3 N–H and O–H groups in total. The lowest BCUT2D eigenvalue weighted by atomic mass is 9.87. The first-order valence-electron chi connectivity index (χ1n) is 12.5. The third-order valence-electron chi connectivity index (χ3n) is 6.65. The number of nitrogens with zero attached hydrogens (tertiary/aromatic N) is 1. The van der Waals surface area contributed by atoms with E-state index in [1.165, 1.54) is 13.2 Å². The van der Waals surface area contributed by atoms with Crippen LogP contribution >= 0.6 is 22.6 Å². The smallest absolute Gasteiger partial charge is 0.249 e. The van der Waals surface area contributed by atoms with Crippen molar-refractivity contribution >= 4 is 40.7 Å². The lowest BCUT2D eigenvalue weighted by Gasteiger charge is -2.43. The van der Waals surface area contributed by atoms with E-state index in [1.807, 2.05) is 29.5 Å². The highest BCUT2D eigenvalue weighted by Crippen LogP contribution is 2.38. The lowest BCUT2D eigenvalue weighted by Crippen LogP contribution is -2.58. The molecule has 1 saturated carbocycles. The summed E-state index contributed by atoms with van der Waals surface area (Å²) in [5.41, 5.74) is 0.753. The standard InChI is InChI=1S/C26H35IN2O8/c1-3-36-15-23(32)29(18-6-4-5-7-18)20-12-17(26(34)28-8-9-30)13-21(24(20)33)37-25-19(27)10-16(14-31)11-22(25)35-2/h10-11,13-14,18,20-21,24,30,33H,3-9,12,15H2,1-2H3,(H,28,34). The van der Waals surface area contributed by atoms with Crippen molar-refractivity contribution < 1.29 is 38.8 Å². The van der Waals surface area contributed by atoms with Crippen molar-refractivity contribution in [3.63, 3.8) is 0 Å². The minimum atomic E-state index is -1.15. The van der Waals surface area contributed by atoms with Gasteiger partial charge in [-0.15, -0.1) is 0 Å². The van der Waals surface area contributed by atoms with Crippen LogP contribution in [-0.2, 0) is 14.3 Å². The van der Waals surface area contributed by atoms with Crippen LogP contribution in [0.15, 0.2) is 23.8 Å². The molecule has 3 atom stereocenters. The van der Waals surface area contributed by atoms with Gasteiger partial charge in [-0.2, -0.15) is 0 Å². The van der Waals surface area contributed by atoms with Gasteiger partial charge < -0.3 is 34.6 Å². The van der Waals surface area contributed by atoms with Crippen LogP contribution < -0.4 is 14.8 Å². The zero-order valence-electron chi connectivity index (χ0n) is 21.2. The molecule has 2 aliphatic rings. The molecule has 37 heavy (non-hydrogen) atoms. The summed E-state index contributed by atoms with van der Waals surface area (Å²) in [7, 11) is 1.45. The zero-order valence-corrected chi connectivity index (χ0v) is 23.3. The van der Waals surface area contributed by atoms with Crippen LogP contribution in [0.2, 0.25) is 0 Å². The zero-order chi connectivity index (χ0) is 26.9. The molecular formula is C26H35IN2O8. The molecule has 0 spiro atoms. The molecule has 204 valence electrons. The SMILES string of the molecule is CCOCC(=O)N(C1CCCC1)C1CC(C(=O)NCCO)=CC(Oc2c(I)cc(C=O)cc2OC)C1O. The Morgan fingerprint density at radius 2 is 2.00 bits per heavy atom. The number of ether oxygens (including phenoxy) is 3. The Bertz CT molecular complexity index is 995. The summed E-state index contributed by atoms with van der Waals surface area (Å²) in [5, 5.41) is 23.4. The molecule has 0 saturated heterocycles. The van der Waals surface area contributed by atoms with E-state index in [0.29, 0.717) is 39.1 Å². The van der Waals surface area contributed by atoms with Crippen LogP contribution in [0.4, 0.5) is 0 Å². The highest BCUT2D eigenvalue weighted by Gasteiger charge is 2.43. The van der Waals surface area contributed by atoms with E-state index in [-0.39, 0.29) is 38.1 Å². The van der Waals surface area contributed by atoms with Crippen molar-refractivity contribution in [1.29, 1.82) is 0 Å². The summed E-state index contributed by atoms with van der Waals surface area (Å²) in [4.78, 5) is 39.3. The second-order valence-electron chi connectivity index (χ2n) is 9.04. The molecule has 0 bridgehead atoms. The van der Waals surface area contributed by atoms with Crippen LogP contribution in [0, 0.1) is 3.57 Å². The van der Waals surface area contributed by atoms with E-state index in [1.54, 1.807) is 17.0 Å². The van der Waals surface area contributed by atoms with Crippen molar-refractivity contribution in [1.82, 2.24) is 10.2 Å². The largest absolute Gasteiger partial charge is 0.493 e. The average Bonchev–Trinajstić information content (AvgIpc) is 3.43. The molecule has 2 aliphatic carbocycles. The fraction of sp³-hybridized carbons (Fsp3) is 0.577. The van der Waals surface area contributed by atoms with E-state index in [0.717, 1.165) is 25.7 Å².